The number of unbranched alkanes of at least 4 members (excludes halogenated alkanes) is 1. The highest BCUT2D eigenvalue weighted by Gasteiger charge is 2.29. The maximum Gasteiger partial charge on any atom is 0.264 e. The Hall–Kier alpha value is -3.85. The zero-order chi connectivity index (χ0) is 26.8. The highest BCUT2D eigenvalue weighted by atomic mass is 32.2. The molecular formula is C28H33N3O5S. The molecule has 8 nitrogen and oxygen atoms in total. The number of methoxy groups -OCH3 is 1. The average molecular weight is 524 g/mol. The van der Waals surface area contributed by atoms with Crippen molar-refractivity contribution in [3.05, 3.63) is 83.4 Å². The van der Waals surface area contributed by atoms with E-state index in [1.807, 2.05) is 44.2 Å². The lowest BCUT2D eigenvalue weighted by molar-refractivity contribution is -0.119. The van der Waals surface area contributed by atoms with E-state index in [9.17, 15) is 13.2 Å². The molecule has 196 valence electrons. The summed E-state index contributed by atoms with van der Waals surface area (Å²) in [4.78, 5) is 12.9. The molecule has 0 aromatic heterocycles. The van der Waals surface area contributed by atoms with Crippen molar-refractivity contribution in [3.8, 4) is 11.5 Å². The number of benzene rings is 3. The van der Waals surface area contributed by atoms with Crippen LogP contribution in [0.2, 0.25) is 0 Å². The first-order valence-electron chi connectivity index (χ1n) is 12.0. The van der Waals surface area contributed by atoms with E-state index in [0.29, 0.717) is 12.4 Å². The van der Waals surface area contributed by atoms with Gasteiger partial charge in [-0.25, -0.2) is 13.8 Å². The van der Waals surface area contributed by atoms with E-state index >= 15 is 0 Å². The normalized spacial score (nSPS) is 11.4. The monoisotopic (exact) mass is 523 g/mol. The van der Waals surface area contributed by atoms with Gasteiger partial charge in [0.05, 0.1) is 30.5 Å². The predicted molar refractivity (Wildman–Crippen MR) is 146 cm³/mol. The van der Waals surface area contributed by atoms with Gasteiger partial charge < -0.3 is 9.47 Å². The van der Waals surface area contributed by atoms with Crippen molar-refractivity contribution in [2.24, 2.45) is 5.10 Å². The molecule has 1 N–H and O–H groups in total. The molecule has 0 radical (unpaired) electrons. The first-order valence-corrected chi connectivity index (χ1v) is 13.5. The standard InChI is InChI=1S/C28H33N3O5S/c1-5-6-17-36-24-12-10-23(11-13-24)19-29-30-28(32)20-31(26-18-22(3)9-16-27(26)35-4)37(33,34)25-14-7-21(2)8-15-25/h7-16,18-19H,5-6,17,20H2,1-4H3,(H,30,32)/b29-19+. The molecule has 0 aliphatic carbocycles. The second-order valence-electron chi connectivity index (χ2n) is 8.56. The minimum Gasteiger partial charge on any atom is -0.495 e. The van der Waals surface area contributed by atoms with Gasteiger partial charge in [0, 0.05) is 0 Å². The number of sulfonamides is 1. The summed E-state index contributed by atoms with van der Waals surface area (Å²) in [6, 6.07) is 18.9. The van der Waals surface area contributed by atoms with E-state index < -0.39 is 22.5 Å². The van der Waals surface area contributed by atoms with Gasteiger partial charge in [-0.1, -0.05) is 37.1 Å². The number of carbonyl (C=O) groups is 1. The summed E-state index contributed by atoms with van der Waals surface area (Å²) in [5, 5.41) is 4.00. The molecule has 3 rings (SSSR count). The molecular weight excluding hydrogens is 490 g/mol. The van der Waals surface area contributed by atoms with Crippen LogP contribution in [0, 0.1) is 13.8 Å². The zero-order valence-electron chi connectivity index (χ0n) is 21.6. The summed E-state index contributed by atoms with van der Waals surface area (Å²) in [6.07, 6.45) is 3.53. The molecule has 3 aromatic rings. The Labute approximate surface area is 219 Å². The molecule has 37 heavy (non-hydrogen) atoms. The van der Waals surface area contributed by atoms with Crippen LogP contribution in [0.25, 0.3) is 0 Å². The Kier molecular flexibility index (Phi) is 9.68. The Morgan fingerprint density at radius 1 is 1.00 bits per heavy atom. The van der Waals surface area contributed by atoms with Crippen LogP contribution in [0.3, 0.4) is 0 Å². The lowest BCUT2D eigenvalue weighted by Gasteiger charge is -2.25. The maximum atomic E-state index is 13.6. The van der Waals surface area contributed by atoms with E-state index in [2.05, 4.69) is 17.5 Å². The van der Waals surface area contributed by atoms with Crippen LogP contribution in [0.15, 0.2) is 76.7 Å². The van der Waals surface area contributed by atoms with Crippen molar-refractivity contribution >= 4 is 27.8 Å². The minimum absolute atomic E-state index is 0.0687. The number of hydrazone groups is 1. The van der Waals surface area contributed by atoms with Gasteiger partial charge in [0.15, 0.2) is 0 Å². The third kappa shape index (κ3) is 7.57. The fraction of sp³-hybridized carbons (Fsp3) is 0.286. The van der Waals surface area contributed by atoms with Crippen LogP contribution in [0.4, 0.5) is 5.69 Å². The van der Waals surface area contributed by atoms with Crippen molar-refractivity contribution in [1.29, 1.82) is 0 Å². The zero-order valence-corrected chi connectivity index (χ0v) is 22.4. The highest BCUT2D eigenvalue weighted by Crippen LogP contribution is 2.33. The fourth-order valence-electron chi connectivity index (χ4n) is 3.46. The molecule has 1 amide bonds. The van der Waals surface area contributed by atoms with Crippen LogP contribution in [-0.4, -0.2) is 40.8 Å². The molecule has 0 bridgehead atoms. The predicted octanol–water partition coefficient (Wildman–Crippen LogP) is 4.84. The molecule has 0 spiro atoms. The summed E-state index contributed by atoms with van der Waals surface area (Å²) in [7, 11) is -2.63. The SMILES string of the molecule is CCCCOc1ccc(/C=N/NC(=O)CN(c2cc(C)ccc2OC)S(=O)(=O)c2ccc(C)cc2)cc1. The Morgan fingerprint density at radius 2 is 1.68 bits per heavy atom. The van der Waals surface area contributed by atoms with Crippen molar-refractivity contribution in [2.75, 3.05) is 24.6 Å². The molecule has 0 unspecified atom stereocenters. The number of nitrogens with one attached hydrogen (secondary N) is 1. The number of ether oxygens (including phenoxy) is 2. The first-order chi connectivity index (χ1) is 17.7. The average Bonchev–Trinajstić information content (AvgIpc) is 2.88. The van der Waals surface area contributed by atoms with E-state index in [-0.39, 0.29) is 10.6 Å². The lowest BCUT2D eigenvalue weighted by atomic mass is 10.2. The van der Waals surface area contributed by atoms with Crippen LogP contribution >= 0.6 is 0 Å². The van der Waals surface area contributed by atoms with Crippen LogP contribution < -0.4 is 19.2 Å². The van der Waals surface area contributed by atoms with Crippen molar-refractivity contribution < 1.29 is 22.7 Å². The van der Waals surface area contributed by atoms with E-state index in [1.165, 1.54) is 25.5 Å². The quantitative estimate of drug-likeness (QED) is 0.208. The summed E-state index contributed by atoms with van der Waals surface area (Å²) in [5.41, 5.74) is 5.19. The second kappa shape index (κ2) is 12.9. The van der Waals surface area contributed by atoms with Gasteiger partial charge >= 0.3 is 0 Å². The van der Waals surface area contributed by atoms with E-state index in [0.717, 1.165) is 39.6 Å². The third-order valence-corrected chi connectivity index (χ3v) is 7.32. The molecule has 0 aliphatic heterocycles. The number of hydrogen-bond acceptors (Lipinski definition) is 6. The Balaban J connectivity index is 1.79. The number of hydrogen-bond donors (Lipinski definition) is 1. The molecule has 0 saturated carbocycles. The molecule has 0 heterocycles. The summed E-state index contributed by atoms with van der Waals surface area (Å²) in [6.45, 7) is 5.98. The van der Waals surface area contributed by atoms with Crippen molar-refractivity contribution in [2.45, 2.75) is 38.5 Å². The van der Waals surface area contributed by atoms with Crippen LogP contribution in [-0.2, 0) is 14.8 Å². The first kappa shape index (κ1) is 27.7. The molecule has 9 heteroatoms. The van der Waals surface area contributed by atoms with Gasteiger partial charge in [0.1, 0.15) is 18.0 Å². The number of nitrogens with zero attached hydrogens (tertiary/aromatic N) is 2. The van der Waals surface area contributed by atoms with Crippen LogP contribution in [0.5, 0.6) is 11.5 Å². The van der Waals surface area contributed by atoms with Crippen molar-refractivity contribution in [3.63, 3.8) is 0 Å². The molecule has 0 saturated heterocycles. The number of carbonyl (C=O) groups excluding carboxylic acids is 1. The fourth-order valence-corrected chi connectivity index (χ4v) is 4.88. The summed E-state index contributed by atoms with van der Waals surface area (Å²) >= 11 is 0. The van der Waals surface area contributed by atoms with Gasteiger partial charge in [0.25, 0.3) is 15.9 Å². The van der Waals surface area contributed by atoms with Gasteiger partial charge in [-0.05, 0) is 79.9 Å². The number of amides is 1. The highest BCUT2D eigenvalue weighted by molar-refractivity contribution is 7.92. The molecule has 0 fully saturated rings. The van der Waals surface area contributed by atoms with Gasteiger partial charge in [-0.3, -0.25) is 9.10 Å². The van der Waals surface area contributed by atoms with Crippen LogP contribution in [0.1, 0.15) is 36.5 Å². The number of aryl methyl sites for hydroxylation is 2. The third-order valence-electron chi connectivity index (χ3n) is 5.55. The number of anilines is 1. The van der Waals surface area contributed by atoms with Gasteiger partial charge in [-0.15, -0.1) is 0 Å². The molecule has 0 atom stereocenters. The van der Waals surface area contributed by atoms with Gasteiger partial charge in [0.2, 0.25) is 0 Å². The van der Waals surface area contributed by atoms with Crippen molar-refractivity contribution in [1.82, 2.24) is 5.43 Å². The lowest BCUT2D eigenvalue weighted by Crippen LogP contribution is -2.39. The smallest absolute Gasteiger partial charge is 0.264 e. The van der Waals surface area contributed by atoms with E-state index in [4.69, 9.17) is 9.47 Å². The largest absolute Gasteiger partial charge is 0.495 e. The molecule has 3 aromatic carbocycles. The second-order valence-corrected chi connectivity index (χ2v) is 10.4. The maximum absolute atomic E-state index is 13.6. The topological polar surface area (TPSA) is 97.3 Å². The minimum atomic E-state index is -4.08. The Bertz CT molecular complexity index is 1320. The molecule has 0 aliphatic rings. The van der Waals surface area contributed by atoms with E-state index in [1.54, 1.807) is 24.3 Å². The summed E-state index contributed by atoms with van der Waals surface area (Å²) in [5.74, 6) is 0.493. The summed E-state index contributed by atoms with van der Waals surface area (Å²) < 4.78 is 39.3. The number of rotatable bonds is 12. The van der Waals surface area contributed by atoms with Gasteiger partial charge in [-0.2, -0.15) is 5.10 Å². The Morgan fingerprint density at radius 3 is 2.32 bits per heavy atom.